The molecule has 0 saturated carbocycles. The van der Waals surface area contributed by atoms with Crippen molar-refractivity contribution in [2.45, 2.75) is 0 Å². The van der Waals surface area contributed by atoms with Gasteiger partial charge in [-0.15, -0.1) is 12.4 Å². The molecular weight excluding hydrogens is 178 g/mol. The van der Waals surface area contributed by atoms with Crippen LogP contribution in [0.4, 0.5) is 0 Å². The standard InChI is InChI=1S/CH4O.ClH.In.3H/c1-2;;;;;/h2H,1H3;1H;;;;. The Labute approximate surface area is 50.6 Å². The summed E-state index contributed by atoms with van der Waals surface area (Å²) in [5.74, 6) is 0. The third-order valence-electron chi connectivity index (χ3n) is 0. The summed E-state index contributed by atoms with van der Waals surface area (Å²) in [6.45, 7) is 0. The molecule has 0 saturated heterocycles. The van der Waals surface area contributed by atoms with Crippen LogP contribution in [0.5, 0.6) is 0 Å². The third kappa shape index (κ3) is 11.2. The van der Waals surface area contributed by atoms with E-state index < -0.39 is 0 Å². The fraction of sp³-hybridized carbons (Fsp3) is 1.00. The van der Waals surface area contributed by atoms with Gasteiger partial charge in [-0.3, -0.25) is 0 Å². The van der Waals surface area contributed by atoms with E-state index in [4.69, 9.17) is 5.11 Å². The van der Waals surface area contributed by atoms with Gasteiger partial charge in [-0.05, 0) is 0 Å². The molecule has 0 rings (SSSR count). The SMILES string of the molecule is CO.Cl.[InH3]. The number of rotatable bonds is 0. The summed E-state index contributed by atoms with van der Waals surface area (Å²) in [5.41, 5.74) is 0. The van der Waals surface area contributed by atoms with Crippen molar-refractivity contribution in [2.75, 3.05) is 7.11 Å². The monoisotopic (exact) mass is 186 g/mol. The summed E-state index contributed by atoms with van der Waals surface area (Å²) >= 11 is 0. The van der Waals surface area contributed by atoms with Crippen LogP contribution in [0.2, 0.25) is 0 Å². The summed E-state index contributed by atoms with van der Waals surface area (Å²) in [7, 11) is 1.00. The molecule has 0 aliphatic carbocycles. The number of aliphatic hydroxyl groups is 1. The van der Waals surface area contributed by atoms with Gasteiger partial charge in [0.2, 0.25) is 0 Å². The summed E-state index contributed by atoms with van der Waals surface area (Å²) in [5, 5.41) is 7.00. The molecule has 0 fully saturated rings. The number of hydrogen-bond acceptors (Lipinski definition) is 1. The molecule has 0 aromatic heterocycles. The summed E-state index contributed by atoms with van der Waals surface area (Å²) in [6.07, 6.45) is 0. The van der Waals surface area contributed by atoms with Crippen molar-refractivity contribution in [3.63, 3.8) is 0 Å². The number of hydrogen-bond donors (Lipinski definition) is 1. The van der Waals surface area contributed by atoms with E-state index in [1.807, 2.05) is 0 Å². The molecule has 0 aliphatic rings. The molecule has 0 spiro atoms. The van der Waals surface area contributed by atoms with Gasteiger partial charge >= 0.3 is 25.8 Å². The van der Waals surface area contributed by atoms with Gasteiger partial charge in [-0.1, -0.05) is 0 Å². The molecule has 0 unspecified atom stereocenters. The molecule has 0 aromatic rings. The predicted octanol–water partition coefficient (Wildman–Crippen LogP) is -1.15. The number of halogens is 1. The van der Waals surface area contributed by atoms with Crippen LogP contribution in [0.15, 0.2) is 0 Å². The Balaban J connectivity index is -0.00000000500. The quantitative estimate of drug-likeness (QED) is 0.506. The zero-order valence-electron chi connectivity index (χ0n) is 1.86. The van der Waals surface area contributed by atoms with Crippen molar-refractivity contribution >= 4 is 38.3 Å². The van der Waals surface area contributed by atoms with Gasteiger partial charge in [0.1, 0.15) is 0 Å². The van der Waals surface area contributed by atoms with E-state index in [1.54, 1.807) is 0 Å². The van der Waals surface area contributed by atoms with E-state index >= 15 is 0 Å². The van der Waals surface area contributed by atoms with E-state index in [1.165, 1.54) is 0 Å². The third-order valence-corrected chi connectivity index (χ3v) is 0. The first kappa shape index (κ1) is 19.3. The first-order valence-electron chi connectivity index (χ1n) is 0.447. The van der Waals surface area contributed by atoms with Gasteiger partial charge < -0.3 is 5.11 Å². The zero-order chi connectivity index (χ0) is 2.00. The Hall–Kier alpha value is 1.12. The fourth-order valence-electron chi connectivity index (χ4n) is 0. The van der Waals surface area contributed by atoms with Crippen LogP contribution >= 0.6 is 12.4 Å². The summed E-state index contributed by atoms with van der Waals surface area (Å²) < 4.78 is 0. The van der Waals surface area contributed by atoms with Crippen molar-refractivity contribution in [3.05, 3.63) is 0 Å². The molecule has 0 aliphatic heterocycles. The molecule has 0 aromatic carbocycles. The molecule has 0 radical (unpaired) electrons. The van der Waals surface area contributed by atoms with Crippen LogP contribution in [0.3, 0.4) is 0 Å². The molecule has 1 N–H and O–H groups in total. The molecule has 4 heavy (non-hydrogen) atoms. The van der Waals surface area contributed by atoms with Gasteiger partial charge in [-0.25, -0.2) is 0 Å². The Morgan fingerprint density at radius 3 is 1.25 bits per heavy atom. The molecule has 28 valence electrons. The molecule has 3 heteroatoms. The zero-order valence-corrected chi connectivity index (χ0v) is 2.67. The van der Waals surface area contributed by atoms with Crippen molar-refractivity contribution in [1.82, 2.24) is 0 Å². The minimum atomic E-state index is 0. The predicted molar refractivity (Wildman–Crippen MR) is 25.3 cm³/mol. The van der Waals surface area contributed by atoms with Crippen LogP contribution in [0.1, 0.15) is 0 Å². The van der Waals surface area contributed by atoms with Gasteiger partial charge in [0, 0.05) is 7.11 Å². The normalized spacial score (nSPS) is 1.50. The van der Waals surface area contributed by atoms with E-state index in [0.717, 1.165) is 7.11 Å². The molecular formula is CH8ClInO. The Bertz CT molecular complexity index is 8.00. The second-order valence-electron chi connectivity index (χ2n) is 0. The second kappa shape index (κ2) is 32.0. The Morgan fingerprint density at radius 2 is 1.25 bits per heavy atom. The summed E-state index contributed by atoms with van der Waals surface area (Å²) in [6, 6.07) is 0. The van der Waals surface area contributed by atoms with Crippen molar-refractivity contribution < 1.29 is 5.11 Å². The topological polar surface area (TPSA) is 20.2 Å². The van der Waals surface area contributed by atoms with Crippen LogP contribution in [0.25, 0.3) is 0 Å². The van der Waals surface area contributed by atoms with E-state index in [9.17, 15) is 0 Å². The van der Waals surface area contributed by atoms with Crippen LogP contribution < -0.4 is 0 Å². The fourth-order valence-corrected chi connectivity index (χ4v) is 0. The molecule has 0 atom stereocenters. The van der Waals surface area contributed by atoms with Crippen LogP contribution in [-0.2, 0) is 0 Å². The van der Waals surface area contributed by atoms with Gasteiger partial charge in [0.25, 0.3) is 0 Å². The van der Waals surface area contributed by atoms with Crippen molar-refractivity contribution in [1.29, 1.82) is 0 Å². The van der Waals surface area contributed by atoms with Gasteiger partial charge in [-0.2, -0.15) is 0 Å². The molecule has 0 bridgehead atoms. The molecule has 0 heterocycles. The van der Waals surface area contributed by atoms with E-state index in [2.05, 4.69) is 0 Å². The summed E-state index contributed by atoms with van der Waals surface area (Å²) in [4.78, 5) is 0. The first-order valence-corrected chi connectivity index (χ1v) is 0.447. The minimum absolute atomic E-state index is 0. The number of aliphatic hydroxyl groups excluding tert-OH is 1. The van der Waals surface area contributed by atoms with E-state index in [-0.39, 0.29) is 38.3 Å². The van der Waals surface area contributed by atoms with E-state index in [0.29, 0.717) is 0 Å². The maximum absolute atomic E-state index is 7.00. The van der Waals surface area contributed by atoms with Crippen molar-refractivity contribution in [3.8, 4) is 0 Å². The average Bonchev–Trinajstić information content (AvgIpc) is 1.00. The van der Waals surface area contributed by atoms with Crippen LogP contribution in [-0.4, -0.2) is 38.1 Å². The van der Waals surface area contributed by atoms with Gasteiger partial charge in [0.15, 0.2) is 0 Å². The second-order valence-corrected chi connectivity index (χ2v) is 0. The first-order chi connectivity index (χ1) is 1.00. The maximum atomic E-state index is 7.00. The van der Waals surface area contributed by atoms with Crippen molar-refractivity contribution in [2.24, 2.45) is 0 Å². The molecule has 1 nitrogen and oxygen atoms in total. The Morgan fingerprint density at radius 1 is 1.25 bits per heavy atom. The Kier molecular flexibility index (Phi) is 155. The van der Waals surface area contributed by atoms with Gasteiger partial charge in [0.05, 0.1) is 0 Å². The average molecular weight is 186 g/mol. The van der Waals surface area contributed by atoms with Crippen LogP contribution in [0, 0.1) is 0 Å². The molecule has 0 amide bonds.